The molecule has 0 fully saturated rings. The summed E-state index contributed by atoms with van der Waals surface area (Å²) < 4.78 is 5.86. The molecule has 1 aromatic heterocycles. The Labute approximate surface area is 138 Å². The molecule has 120 valence electrons. The summed E-state index contributed by atoms with van der Waals surface area (Å²) in [6.07, 6.45) is 1.16. The van der Waals surface area contributed by atoms with E-state index in [1.807, 2.05) is 36.4 Å². The highest BCUT2D eigenvalue weighted by Gasteiger charge is 2.05. The molecule has 0 bridgehead atoms. The van der Waals surface area contributed by atoms with E-state index in [4.69, 9.17) is 16.0 Å². The molecule has 3 nitrogen and oxygen atoms in total. The van der Waals surface area contributed by atoms with Gasteiger partial charge in [-0.25, -0.2) is 0 Å². The molecule has 0 aliphatic heterocycles. The quantitative estimate of drug-likeness (QED) is 0.693. The lowest BCUT2D eigenvalue weighted by Crippen LogP contribution is -2.27. The smallest absolute Gasteiger partial charge is 0.134 e. The lowest BCUT2D eigenvalue weighted by molar-refractivity contribution is 0.297. The second-order valence-corrected chi connectivity index (χ2v) is 5.77. The zero-order valence-electron chi connectivity index (χ0n) is 13.4. The topological polar surface area (TPSA) is 28.4 Å². The highest BCUT2D eigenvalue weighted by Crippen LogP contribution is 2.24. The summed E-state index contributed by atoms with van der Waals surface area (Å²) in [5.74, 6) is 1.82. The molecule has 1 heterocycles. The maximum atomic E-state index is 6.01. The van der Waals surface area contributed by atoms with Crippen molar-refractivity contribution in [3.8, 4) is 11.3 Å². The Morgan fingerprint density at radius 1 is 1.14 bits per heavy atom. The number of rotatable bonds is 9. The molecule has 0 spiro atoms. The number of hydrogen-bond donors (Lipinski definition) is 1. The van der Waals surface area contributed by atoms with Crippen molar-refractivity contribution in [1.82, 2.24) is 10.2 Å². The molecule has 0 unspecified atom stereocenters. The molecule has 1 N–H and O–H groups in total. The third-order valence-corrected chi connectivity index (χ3v) is 4.03. The minimum atomic E-state index is 0.727. The van der Waals surface area contributed by atoms with E-state index in [-0.39, 0.29) is 0 Å². The van der Waals surface area contributed by atoms with Crippen LogP contribution in [0.25, 0.3) is 11.3 Å². The molecule has 0 saturated carbocycles. The van der Waals surface area contributed by atoms with Crippen molar-refractivity contribution in [3.63, 3.8) is 0 Å². The maximum Gasteiger partial charge on any atom is 0.134 e. The van der Waals surface area contributed by atoms with Gasteiger partial charge in [0.25, 0.3) is 0 Å². The van der Waals surface area contributed by atoms with Gasteiger partial charge in [0.2, 0.25) is 0 Å². The van der Waals surface area contributed by atoms with Crippen molar-refractivity contribution >= 4 is 11.6 Å². The molecule has 0 aliphatic rings. The van der Waals surface area contributed by atoms with Gasteiger partial charge in [-0.3, -0.25) is 0 Å². The van der Waals surface area contributed by atoms with Crippen LogP contribution in [0.2, 0.25) is 5.02 Å². The summed E-state index contributed by atoms with van der Waals surface area (Å²) >= 11 is 6.01. The van der Waals surface area contributed by atoms with Crippen LogP contribution in [0.5, 0.6) is 0 Å². The average Bonchev–Trinajstić information content (AvgIpc) is 3.00. The first kappa shape index (κ1) is 17.1. The summed E-state index contributed by atoms with van der Waals surface area (Å²) in [6.45, 7) is 9.57. The summed E-state index contributed by atoms with van der Waals surface area (Å²) in [4.78, 5) is 2.44. The Morgan fingerprint density at radius 2 is 1.95 bits per heavy atom. The second kappa shape index (κ2) is 8.99. The Hall–Kier alpha value is -1.29. The molecule has 0 radical (unpaired) electrons. The molecule has 1 aromatic carbocycles. The normalized spacial score (nSPS) is 11.3. The van der Waals surface area contributed by atoms with Crippen LogP contribution in [-0.2, 0) is 6.54 Å². The van der Waals surface area contributed by atoms with E-state index >= 15 is 0 Å². The second-order valence-electron chi connectivity index (χ2n) is 5.33. The van der Waals surface area contributed by atoms with E-state index in [0.29, 0.717) is 0 Å². The molecule has 0 saturated heterocycles. The van der Waals surface area contributed by atoms with Crippen molar-refractivity contribution in [2.75, 3.05) is 26.2 Å². The van der Waals surface area contributed by atoms with Crippen LogP contribution in [0.4, 0.5) is 0 Å². The minimum Gasteiger partial charge on any atom is -0.460 e. The highest BCUT2D eigenvalue weighted by atomic mass is 35.5. The molecular weight excluding hydrogens is 296 g/mol. The number of halogens is 1. The van der Waals surface area contributed by atoms with Crippen molar-refractivity contribution in [3.05, 3.63) is 47.2 Å². The average molecular weight is 321 g/mol. The van der Waals surface area contributed by atoms with Gasteiger partial charge in [0.05, 0.1) is 6.54 Å². The van der Waals surface area contributed by atoms with Crippen LogP contribution in [0.3, 0.4) is 0 Å². The van der Waals surface area contributed by atoms with Gasteiger partial charge >= 0.3 is 0 Å². The lowest BCUT2D eigenvalue weighted by atomic mass is 10.2. The van der Waals surface area contributed by atoms with Crippen molar-refractivity contribution < 1.29 is 4.42 Å². The summed E-state index contributed by atoms with van der Waals surface area (Å²) in [5, 5.41) is 4.16. The van der Waals surface area contributed by atoms with Gasteiger partial charge in [0, 0.05) is 10.6 Å². The standard InChI is InChI=1S/C18H25ClN2O/c1-3-21(4-2)12-6-11-20-14-17-9-10-18(22-17)15-7-5-8-16(19)13-15/h5,7-10,13,20H,3-4,6,11-12,14H2,1-2H3. The van der Waals surface area contributed by atoms with Crippen LogP contribution < -0.4 is 5.32 Å². The summed E-state index contributed by atoms with van der Waals surface area (Å²) in [5.41, 5.74) is 1.01. The molecule has 4 heteroatoms. The number of furan rings is 1. The van der Waals surface area contributed by atoms with Crippen LogP contribution in [0, 0.1) is 0 Å². The van der Waals surface area contributed by atoms with Crippen molar-refractivity contribution in [2.45, 2.75) is 26.8 Å². The van der Waals surface area contributed by atoms with Gasteiger partial charge in [0.1, 0.15) is 11.5 Å². The van der Waals surface area contributed by atoms with Crippen molar-refractivity contribution in [2.24, 2.45) is 0 Å². The van der Waals surface area contributed by atoms with Crippen LogP contribution in [-0.4, -0.2) is 31.1 Å². The van der Waals surface area contributed by atoms with E-state index < -0.39 is 0 Å². The molecule has 0 aliphatic carbocycles. The molecular formula is C18H25ClN2O. The van der Waals surface area contributed by atoms with E-state index in [1.165, 1.54) is 0 Å². The van der Waals surface area contributed by atoms with Gasteiger partial charge < -0.3 is 14.6 Å². The molecule has 0 atom stereocenters. The van der Waals surface area contributed by atoms with Crippen LogP contribution in [0.1, 0.15) is 26.0 Å². The zero-order valence-corrected chi connectivity index (χ0v) is 14.2. The fourth-order valence-electron chi connectivity index (χ4n) is 2.45. The fourth-order valence-corrected chi connectivity index (χ4v) is 2.64. The summed E-state index contributed by atoms with van der Waals surface area (Å²) in [6, 6.07) is 11.7. The fraction of sp³-hybridized carbons (Fsp3) is 0.444. The van der Waals surface area contributed by atoms with E-state index in [0.717, 1.165) is 61.3 Å². The van der Waals surface area contributed by atoms with Gasteiger partial charge in [-0.05, 0) is 56.9 Å². The van der Waals surface area contributed by atoms with Gasteiger partial charge in [-0.1, -0.05) is 37.6 Å². The SMILES string of the molecule is CCN(CC)CCCNCc1ccc(-c2cccc(Cl)c2)o1. The zero-order chi connectivity index (χ0) is 15.8. The third-order valence-electron chi connectivity index (χ3n) is 3.79. The first-order chi connectivity index (χ1) is 10.7. The summed E-state index contributed by atoms with van der Waals surface area (Å²) in [7, 11) is 0. The van der Waals surface area contributed by atoms with E-state index in [1.54, 1.807) is 0 Å². The van der Waals surface area contributed by atoms with E-state index in [2.05, 4.69) is 24.1 Å². The maximum absolute atomic E-state index is 6.01. The van der Waals surface area contributed by atoms with Gasteiger partial charge in [0.15, 0.2) is 0 Å². The van der Waals surface area contributed by atoms with Crippen molar-refractivity contribution in [1.29, 1.82) is 0 Å². The number of hydrogen-bond acceptors (Lipinski definition) is 3. The monoisotopic (exact) mass is 320 g/mol. The number of nitrogens with zero attached hydrogens (tertiary/aromatic N) is 1. The predicted octanol–water partition coefficient (Wildman–Crippen LogP) is 4.42. The van der Waals surface area contributed by atoms with Gasteiger partial charge in [-0.2, -0.15) is 0 Å². The highest BCUT2D eigenvalue weighted by molar-refractivity contribution is 6.30. The van der Waals surface area contributed by atoms with E-state index in [9.17, 15) is 0 Å². The number of nitrogens with one attached hydrogen (secondary N) is 1. The molecule has 22 heavy (non-hydrogen) atoms. The van der Waals surface area contributed by atoms with Gasteiger partial charge in [-0.15, -0.1) is 0 Å². The molecule has 0 amide bonds. The number of benzene rings is 1. The van der Waals surface area contributed by atoms with Crippen LogP contribution >= 0.6 is 11.6 Å². The Balaban J connectivity index is 1.76. The first-order valence-corrected chi connectivity index (χ1v) is 8.38. The Bertz CT molecular complexity index is 564. The molecule has 2 rings (SSSR count). The lowest BCUT2D eigenvalue weighted by Gasteiger charge is -2.17. The van der Waals surface area contributed by atoms with Crippen LogP contribution in [0.15, 0.2) is 40.8 Å². The third kappa shape index (κ3) is 5.16. The Morgan fingerprint density at radius 3 is 2.68 bits per heavy atom. The first-order valence-electron chi connectivity index (χ1n) is 8.00. The Kier molecular flexibility index (Phi) is 6.97. The predicted molar refractivity (Wildman–Crippen MR) is 93.3 cm³/mol. The largest absolute Gasteiger partial charge is 0.460 e. The minimum absolute atomic E-state index is 0.727. The molecule has 2 aromatic rings.